The van der Waals surface area contributed by atoms with Gasteiger partial charge in [-0.15, -0.1) is 0 Å². The number of hydrogen-bond acceptors (Lipinski definition) is 8. The normalized spacial score (nSPS) is 18.9. The number of benzene rings is 1. The average molecular weight is 386 g/mol. The van der Waals surface area contributed by atoms with Crippen LogP contribution >= 0.6 is 0 Å². The number of hydrazone groups is 1. The monoisotopic (exact) mass is 386 g/mol. The van der Waals surface area contributed by atoms with E-state index in [1.807, 2.05) is 0 Å². The lowest BCUT2D eigenvalue weighted by atomic mass is 9.95. The molecule has 0 unspecified atom stereocenters. The zero-order chi connectivity index (χ0) is 20.5. The lowest BCUT2D eigenvalue weighted by molar-refractivity contribution is -0.129. The largest absolute Gasteiger partial charge is 0.374 e. The Labute approximate surface area is 159 Å². The molecule has 0 radical (unpaired) electrons. The molecule has 0 saturated carbocycles. The Hall–Kier alpha value is -3.60. The highest BCUT2D eigenvalue weighted by atomic mass is 16.5. The topological polar surface area (TPSA) is 164 Å². The van der Waals surface area contributed by atoms with Crippen molar-refractivity contribution in [1.29, 1.82) is 0 Å². The van der Waals surface area contributed by atoms with Crippen LogP contribution in [0.15, 0.2) is 33.9 Å². The van der Waals surface area contributed by atoms with Gasteiger partial charge in [-0.2, -0.15) is 15.1 Å². The van der Waals surface area contributed by atoms with Gasteiger partial charge in [-0.25, -0.2) is 0 Å². The van der Waals surface area contributed by atoms with E-state index in [0.29, 0.717) is 5.69 Å². The molecule has 3 rings (SSSR count). The van der Waals surface area contributed by atoms with Crippen molar-refractivity contribution in [2.45, 2.75) is 32.4 Å². The summed E-state index contributed by atoms with van der Waals surface area (Å²) < 4.78 is 4.63. The van der Waals surface area contributed by atoms with Gasteiger partial charge in [0.15, 0.2) is 11.4 Å². The zero-order valence-electron chi connectivity index (χ0n) is 15.2. The predicted molar refractivity (Wildman–Crippen MR) is 96.3 cm³/mol. The maximum Gasteiger partial charge on any atom is 0.315 e. The van der Waals surface area contributed by atoms with Crippen LogP contribution < -0.4 is 16.1 Å². The minimum absolute atomic E-state index is 0.0845. The summed E-state index contributed by atoms with van der Waals surface area (Å²) in [6, 6.07) is 6.21. The number of carbonyl (C=O) groups is 3. The van der Waals surface area contributed by atoms with Gasteiger partial charge >= 0.3 is 11.8 Å². The van der Waals surface area contributed by atoms with Crippen molar-refractivity contribution in [1.82, 2.24) is 15.5 Å². The van der Waals surface area contributed by atoms with Gasteiger partial charge in [0.05, 0.1) is 17.9 Å². The first-order chi connectivity index (χ1) is 13.3. The number of nitrogens with two attached hydrogens (primary N) is 1. The Bertz CT molecular complexity index is 984. The van der Waals surface area contributed by atoms with Crippen molar-refractivity contribution >= 4 is 29.1 Å². The summed E-state index contributed by atoms with van der Waals surface area (Å²) in [5.41, 5.74) is 4.26. The van der Waals surface area contributed by atoms with Crippen molar-refractivity contribution in [3.05, 3.63) is 41.5 Å². The highest BCUT2D eigenvalue weighted by Gasteiger charge is 2.46. The number of nitrogens with zero attached hydrogens (tertiary/aromatic N) is 4. The Balaban J connectivity index is 1.73. The third kappa shape index (κ3) is 3.34. The van der Waals surface area contributed by atoms with Crippen molar-refractivity contribution in [3.63, 3.8) is 0 Å². The molecule has 0 aliphatic carbocycles. The van der Waals surface area contributed by atoms with Crippen LogP contribution in [0, 0.1) is 0 Å². The van der Waals surface area contributed by atoms with Crippen molar-refractivity contribution in [2.24, 2.45) is 10.8 Å². The molecule has 28 heavy (non-hydrogen) atoms. The minimum Gasteiger partial charge on any atom is -0.374 e. The Kier molecular flexibility index (Phi) is 4.92. The smallest absolute Gasteiger partial charge is 0.315 e. The molecule has 0 saturated heterocycles. The molecule has 11 nitrogen and oxygen atoms in total. The highest BCUT2D eigenvalue weighted by Crippen LogP contribution is 2.29. The first-order valence-electron chi connectivity index (χ1n) is 8.39. The number of aromatic nitrogens is 2. The molecule has 1 aliphatic rings. The third-order valence-electron chi connectivity index (χ3n) is 4.35. The van der Waals surface area contributed by atoms with Crippen LogP contribution in [0.25, 0.3) is 0 Å². The number of primary amides is 1. The fourth-order valence-electron chi connectivity index (χ4n) is 2.66. The molecule has 4 N–H and O–H groups in total. The van der Waals surface area contributed by atoms with E-state index >= 15 is 0 Å². The second-order valence-corrected chi connectivity index (χ2v) is 6.13. The van der Waals surface area contributed by atoms with Crippen molar-refractivity contribution in [3.8, 4) is 0 Å². The van der Waals surface area contributed by atoms with Crippen LogP contribution in [0.4, 0.5) is 5.69 Å². The summed E-state index contributed by atoms with van der Waals surface area (Å²) in [7, 11) is 0. The molecule has 1 aromatic carbocycles. The molecule has 1 atom stereocenters. The summed E-state index contributed by atoms with van der Waals surface area (Å²) in [6.45, 7) is 3.17. The lowest BCUT2D eigenvalue weighted by Gasteiger charge is -2.20. The van der Waals surface area contributed by atoms with E-state index in [2.05, 4.69) is 25.1 Å². The minimum atomic E-state index is -1.64. The SMILES string of the molecule is CC[C@@]1(O)C(=O)N(c2cccc(C(=O)NCc3noc(C(N)=O)n3)c2)N=C1C. The van der Waals surface area contributed by atoms with E-state index in [-0.39, 0.29) is 36.0 Å². The van der Waals surface area contributed by atoms with Crippen molar-refractivity contribution < 1.29 is 24.0 Å². The van der Waals surface area contributed by atoms with E-state index in [4.69, 9.17) is 5.73 Å². The number of anilines is 1. The summed E-state index contributed by atoms with van der Waals surface area (Å²) in [4.78, 5) is 39.6. The Morgan fingerprint density at radius 2 is 2.14 bits per heavy atom. The van der Waals surface area contributed by atoms with Crippen LogP contribution in [-0.4, -0.2) is 44.3 Å². The lowest BCUT2D eigenvalue weighted by Crippen LogP contribution is -2.45. The molecule has 0 bridgehead atoms. The molecule has 3 amide bonds. The molecule has 1 aromatic heterocycles. The van der Waals surface area contributed by atoms with Gasteiger partial charge in [0.2, 0.25) is 0 Å². The highest BCUT2D eigenvalue weighted by molar-refractivity contribution is 6.21. The zero-order valence-corrected chi connectivity index (χ0v) is 15.2. The number of nitrogens with one attached hydrogen (secondary N) is 1. The van der Waals surface area contributed by atoms with E-state index in [0.717, 1.165) is 5.01 Å². The number of rotatable bonds is 6. The summed E-state index contributed by atoms with van der Waals surface area (Å²) in [6.07, 6.45) is 0.190. The molecular weight excluding hydrogens is 368 g/mol. The predicted octanol–water partition coefficient (Wildman–Crippen LogP) is -0.0379. The van der Waals surface area contributed by atoms with Gasteiger partial charge in [0, 0.05) is 5.56 Å². The number of amides is 3. The van der Waals surface area contributed by atoms with Gasteiger partial charge in [-0.05, 0) is 31.5 Å². The fraction of sp³-hybridized carbons (Fsp3) is 0.294. The van der Waals surface area contributed by atoms with Gasteiger partial charge < -0.3 is 20.7 Å². The van der Waals surface area contributed by atoms with Gasteiger partial charge in [0.25, 0.3) is 11.8 Å². The van der Waals surface area contributed by atoms with Gasteiger partial charge in [-0.1, -0.05) is 18.1 Å². The summed E-state index contributed by atoms with van der Waals surface area (Å²) in [5, 5.41) is 21.7. The maximum absolute atomic E-state index is 12.5. The van der Waals surface area contributed by atoms with Gasteiger partial charge in [-0.3, -0.25) is 14.4 Å². The van der Waals surface area contributed by atoms with Crippen LogP contribution in [0.3, 0.4) is 0 Å². The quantitative estimate of drug-likeness (QED) is 0.627. The van der Waals surface area contributed by atoms with Gasteiger partial charge in [0.1, 0.15) is 0 Å². The van der Waals surface area contributed by atoms with Crippen molar-refractivity contribution in [2.75, 3.05) is 5.01 Å². The number of aliphatic hydroxyl groups is 1. The van der Waals surface area contributed by atoms with E-state index in [1.165, 1.54) is 6.07 Å². The molecule has 0 spiro atoms. The summed E-state index contributed by atoms with van der Waals surface area (Å²) >= 11 is 0. The second kappa shape index (κ2) is 7.19. The van der Waals surface area contributed by atoms with Crippen LogP contribution in [0.2, 0.25) is 0 Å². The molecule has 1 aliphatic heterocycles. The van der Waals surface area contributed by atoms with Crippen LogP contribution in [0.5, 0.6) is 0 Å². The van der Waals surface area contributed by atoms with E-state index in [9.17, 15) is 19.5 Å². The maximum atomic E-state index is 12.5. The Morgan fingerprint density at radius 3 is 2.75 bits per heavy atom. The van der Waals surface area contributed by atoms with Crippen LogP contribution in [-0.2, 0) is 11.3 Å². The number of carbonyl (C=O) groups excluding carboxylic acids is 3. The molecule has 0 fully saturated rings. The average Bonchev–Trinajstić information content (AvgIpc) is 3.26. The molecule has 2 aromatic rings. The first-order valence-corrected chi connectivity index (χ1v) is 8.39. The third-order valence-corrected chi connectivity index (χ3v) is 4.35. The number of hydrogen-bond donors (Lipinski definition) is 3. The van der Waals surface area contributed by atoms with E-state index in [1.54, 1.807) is 32.0 Å². The van der Waals surface area contributed by atoms with E-state index < -0.39 is 23.3 Å². The Morgan fingerprint density at radius 1 is 1.39 bits per heavy atom. The molecule has 11 heteroatoms. The molecule has 146 valence electrons. The molecular formula is C17H18N6O5. The second-order valence-electron chi connectivity index (χ2n) is 6.13. The molecule has 2 heterocycles. The summed E-state index contributed by atoms with van der Waals surface area (Å²) in [5.74, 6) is -2.17. The standard InChI is InChI=1S/C17H18N6O5/c1-3-17(27)9(2)21-23(16(17)26)11-6-4-5-10(7-11)14(25)19-8-12-20-15(13(18)24)28-22-12/h4-7,27H,3,8H2,1-2H3,(H2,18,24)(H,19,25)/t17-/m0/s1. The first kappa shape index (κ1) is 19.2. The van der Waals surface area contributed by atoms with Crippen LogP contribution in [0.1, 0.15) is 47.1 Å². The fourth-order valence-corrected chi connectivity index (χ4v) is 2.66.